The van der Waals surface area contributed by atoms with E-state index in [1.807, 2.05) is 11.8 Å². The molecular formula is C11H20N2O2S. The lowest BCUT2D eigenvalue weighted by molar-refractivity contribution is -0.126. The molecule has 92 valence electrons. The van der Waals surface area contributed by atoms with Crippen LogP contribution in [0.2, 0.25) is 0 Å². The van der Waals surface area contributed by atoms with E-state index in [0.717, 1.165) is 37.5 Å². The molecule has 2 fully saturated rings. The van der Waals surface area contributed by atoms with Crippen molar-refractivity contribution in [2.24, 2.45) is 0 Å². The van der Waals surface area contributed by atoms with E-state index in [1.54, 1.807) is 0 Å². The summed E-state index contributed by atoms with van der Waals surface area (Å²) in [5.41, 5.74) is -0.168. The van der Waals surface area contributed by atoms with Gasteiger partial charge in [0, 0.05) is 24.7 Å². The molecular weight excluding hydrogens is 224 g/mol. The number of ether oxygens (including phenoxy) is 1. The Labute approximate surface area is 101 Å². The summed E-state index contributed by atoms with van der Waals surface area (Å²) in [6.45, 7) is 4.46. The van der Waals surface area contributed by atoms with Gasteiger partial charge in [-0.05, 0) is 19.8 Å². The smallest absolute Gasteiger partial charge is 0.238 e. The number of nitrogens with one attached hydrogen (secondary N) is 2. The summed E-state index contributed by atoms with van der Waals surface area (Å²) in [6.07, 6.45) is 2.04. The molecule has 2 unspecified atom stereocenters. The molecule has 0 radical (unpaired) electrons. The summed E-state index contributed by atoms with van der Waals surface area (Å²) in [5.74, 6) is 2.10. The van der Waals surface area contributed by atoms with Crippen molar-refractivity contribution >= 4 is 17.7 Å². The molecule has 0 aromatic carbocycles. The molecule has 1 amide bonds. The maximum absolute atomic E-state index is 12.0. The van der Waals surface area contributed by atoms with Crippen LogP contribution in [0.15, 0.2) is 0 Å². The molecule has 0 bridgehead atoms. The molecule has 5 heteroatoms. The van der Waals surface area contributed by atoms with Gasteiger partial charge in [0.05, 0.1) is 18.2 Å². The molecule has 2 aliphatic rings. The Morgan fingerprint density at radius 3 is 3.12 bits per heavy atom. The van der Waals surface area contributed by atoms with Gasteiger partial charge >= 0.3 is 0 Å². The number of amides is 1. The third kappa shape index (κ3) is 3.12. The van der Waals surface area contributed by atoms with Crippen molar-refractivity contribution < 1.29 is 9.53 Å². The van der Waals surface area contributed by atoms with Crippen LogP contribution in [0.5, 0.6) is 0 Å². The molecule has 16 heavy (non-hydrogen) atoms. The largest absolute Gasteiger partial charge is 0.379 e. The topological polar surface area (TPSA) is 50.4 Å². The maximum Gasteiger partial charge on any atom is 0.238 e. The third-order valence-corrected chi connectivity index (χ3v) is 4.16. The fourth-order valence-corrected chi connectivity index (χ4v) is 3.08. The van der Waals surface area contributed by atoms with Crippen molar-refractivity contribution in [1.29, 1.82) is 0 Å². The van der Waals surface area contributed by atoms with Crippen LogP contribution in [0.25, 0.3) is 0 Å². The second-order valence-electron chi connectivity index (χ2n) is 4.79. The molecule has 2 atom stereocenters. The first-order valence-electron chi connectivity index (χ1n) is 5.91. The van der Waals surface area contributed by atoms with Crippen LogP contribution in [0, 0.1) is 0 Å². The second kappa shape index (κ2) is 5.38. The number of thioether (sulfide) groups is 1. The Bertz CT molecular complexity index is 248. The maximum atomic E-state index is 12.0. The van der Waals surface area contributed by atoms with Gasteiger partial charge in [-0.15, -0.1) is 0 Å². The molecule has 2 heterocycles. The SMILES string of the molecule is CC1(NC(=O)C2CSCCN2)CCCOC1. The number of carbonyl (C=O) groups excluding carboxylic acids is 1. The molecule has 2 aliphatic heterocycles. The highest BCUT2D eigenvalue weighted by Gasteiger charge is 2.32. The number of hydrogen-bond acceptors (Lipinski definition) is 4. The van der Waals surface area contributed by atoms with Gasteiger partial charge in [-0.2, -0.15) is 11.8 Å². The van der Waals surface area contributed by atoms with Gasteiger partial charge in [0.2, 0.25) is 5.91 Å². The highest BCUT2D eigenvalue weighted by Crippen LogP contribution is 2.19. The molecule has 0 aromatic heterocycles. The monoisotopic (exact) mass is 244 g/mol. The van der Waals surface area contributed by atoms with E-state index in [9.17, 15) is 4.79 Å². The predicted octanol–water partition coefficient (Wildman–Crippen LogP) is 0.377. The zero-order chi connectivity index (χ0) is 11.4. The Balaban J connectivity index is 1.85. The molecule has 0 aliphatic carbocycles. The first kappa shape index (κ1) is 12.2. The summed E-state index contributed by atoms with van der Waals surface area (Å²) < 4.78 is 5.43. The number of rotatable bonds is 2. The minimum absolute atomic E-state index is 0.0301. The van der Waals surface area contributed by atoms with Gasteiger partial charge < -0.3 is 15.4 Å². The Morgan fingerprint density at radius 2 is 2.50 bits per heavy atom. The zero-order valence-electron chi connectivity index (χ0n) is 9.75. The summed E-state index contributed by atoms with van der Waals surface area (Å²) in [7, 11) is 0. The van der Waals surface area contributed by atoms with Crippen molar-refractivity contribution in [3.05, 3.63) is 0 Å². The van der Waals surface area contributed by atoms with Gasteiger partial charge in [-0.1, -0.05) is 0 Å². The lowest BCUT2D eigenvalue weighted by atomic mass is 9.94. The van der Waals surface area contributed by atoms with E-state index < -0.39 is 0 Å². The molecule has 2 rings (SSSR count). The van der Waals surface area contributed by atoms with Crippen LogP contribution in [-0.2, 0) is 9.53 Å². The predicted molar refractivity (Wildman–Crippen MR) is 65.7 cm³/mol. The third-order valence-electron chi connectivity index (χ3n) is 3.10. The van der Waals surface area contributed by atoms with E-state index >= 15 is 0 Å². The number of carbonyl (C=O) groups is 1. The Kier molecular flexibility index (Phi) is 4.10. The normalized spacial score (nSPS) is 35.7. The van der Waals surface area contributed by atoms with Crippen LogP contribution in [0.1, 0.15) is 19.8 Å². The second-order valence-corrected chi connectivity index (χ2v) is 5.94. The van der Waals surface area contributed by atoms with Gasteiger partial charge in [0.25, 0.3) is 0 Å². The van der Waals surface area contributed by atoms with Gasteiger partial charge in [0.1, 0.15) is 0 Å². The average molecular weight is 244 g/mol. The van der Waals surface area contributed by atoms with Crippen LogP contribution < -0.4 is 10.6 Å². The summed E-state index contributed by atoms with van der Waals surface area (Å²) in [6, 6.07) is -0.0301. The molecule has 4 nitrogen and oxygen atoms in total. The van der Waals surface area contributed by atoms with E-state index in [1.165, 1.54) is 0 Å². The fourth-order valence-electron chi connectivity index (χ4n) is 2.15. The minimum Gasteiger partial charge on any atom is -0.379 e. The standard InChI is InChI=1S/C11H20N2O2S/c1-11(3-2-5-15-8-11)13-10(14)9-7-16-6-4-12-9/h9,12H,2-8H2,1H3,(H,13,14). The van der Waals surface area contributed by atoms with Crippen molar-refractivity contribution in [2.75, 3.05) is 31.3 Å². The summed E-state index contributed by atoms with van der Waals surface area (Å²) >= 11 is 1.84. The molecule has 0 saturated carbocycles. The average Bonchev–Trinajstić information content (AvgIpc) is 2.30. The first-order chi connectivity index (χ1) is 7.70. The van der Waals surface area contributed by atoms with Crippen molar-refractivity contribution in [2.45, 2.75) is 31.3 Å². The minimum atomic E-state index is -0.168. The highest BCUT2D eigenvalue weighted by atomic mass is 32.2. The van der Waals surface area contributed by atoms with Crippen LogP contribution in [0.4, 0.5) is 0 Å². The zero-order valence-corrected chi connectivity index (χ0v) is 10.6. The Morgan fingerprint density at radius 1 is 1.62 bits per heavy atom. The van der Waals surface area contributed by atoms with E-state index in [-0.39, 0.29) is 17.5 Å². The molecule has 0 spiro atoms. The lowest BCUT2D eigenvalue weighted by Gasteiger charge is -2.36. The van der Waals surface area contributed by atoms with Crippen molar-refractivity contribution in [3.63, 3.8) is 0 Å². The quantitative estimate of drug-likeness (QED) is 0.737. The first-order valence-corrected chi connectivity index (χ1v) is 7.06. The van der Waals surface area contributed by atoms with E-state index in [4.69, 9.17) is 4.74 Å². The fraction of sp³-hybridized carbons (Fsp3) is 0.909. The highest BCUT2D eigenvalue weighted by molar-refractivity contribution is 7.99. The molecule has 2 N–H and O–H groups in total. The summed E-state index contributed by atoms with van der Waals surface area (Å²) in [5, 5.41) is 6.38. The molecule has 0 aromatic rings. The van der Waals surface area contributed by atoms with Gasteiger partial charge in [-0.25, -0.2) is 0 Å². The van der Waals surface area contributed by atoms with Crippen molar-refractivity contribution in [1.82, 2.24) is 10.6 Å². The number of hydrogen-bond donors (Lipinski definition) is 2. The lowest BCUT2D eigenvalue weighted by Crippen LogP contribution is -2.58. The molecule has 2 saturated heterocycles. The van der Waals surface area contributed by atoms with Gasteiger partial charge in [-0.3, -0.25) is 4.79 Å². The van der Waals surface area contributed by atoms with E-state index in [2.05, 4.69) is 17.6 Å². The Hall–Kier alpha value is -0.260. The summed E-state index contributed by atoms with van der Waals surface area (Å²) in [4.78, 5) is 12.0. The van der Waals surface area contributed by atoms with Crippen molar-refractivity contribution in [3.8, 4) is 0 Å². The van der Waals surface area contributed by atoms with Crippen LogP contribution in [0.3, 0.4) is 0 Å². The van der Waals surface area contributed by atoms with Crippen LogP contribution in [-0.4, -0.2) is 48.8 Å². The van der Waals surface area contributed by atoms with Crippen LogP contribution >= 0.6 is 11.8 Å². The van der Waals surface area contributed by atoms with E-state index in [0.29, 0.717) is 6.61 Å². The van der Waals surface area contributed by atoms with Gasteiger partial charge in [0.15, 0.2) is 0 Å².